The van der Waals surface area contributed by atoms with Crippen molar-refractivity contribution in [3.8, 4) is 0 Å². The summed E-state index contributed by atoms with van der Waals surface area (Å²) >= 11 is 5.86. The molecule has 2 aromatic carbocycles. The number of aryl methyl sites for hydroxylation is 1. The van der Waals surface area contributed by atoms with Gasteiger partial charge in [0, 0.05) is 25.2 Å². The smallest absolute Gasteiger partial charge is 0.243 e. The van der Waals surface area contributed by atoms with E-state index in [-0.39, 0.29) is 23.3 Å². The molecular weight excluding hydrogens is 462 g/mol. The normalized spacial score (nSPS) is 12.6. The molecule has 0 aliphatic rings. The number of hydrogen-bond acceptors (Lipinski definition) is 4. The minimum absolute atomic E-state index is 0.0372. The van der Waals surface area contributed by atoms with Crippen LogP contribution in [0.3, 0.4) is 0 Å². The number of rotatable bonds is 10. The Labute approximate surface area is 201 Å². The summed E-state index contributed by atoms with van der Waals surface area (Å²) in [5, 5.41) is 3.27. The molecule has 0 spiro atoms. The number of halogens is 1. The Morgan fingerprint density at radius 1 is 1.06 bits per heavy atom. The maximum atomic E-state index is 13.3. The average molecular weight is 494 g/mol. The average Bonchev–Trinajstić information content (AvgIpc) is 2.75. The number of nitrogens with zero attached hydrogens (tertiary/aromatic N) is 2. The molecule has 0 bridgehead atoms. The number of hydrogen-bond donors (Lipinski definition) is 1. The van der Waals surface area contributed by atoms with Crippen molar-refractivity contribution < 1.29 is 18.0 Å². The Kier molecular flexibility index (Phi) is 9.46. The van der Waals surface area contributed by atoms with Crippen LogP contribution in [0.5, 0.6) is 0 Å². The van der Waals surface area contributed by atoms with Crippen molar-refractivity contribution in [1.29, 1.82) is 0 Å². The lowest BCUT2D eigenvalue weighted by Gasteiger charge is -2.30. The van der Waals surface area contributed by atoms with Crippen LogP contribution in [0, 0.1) is 12.8 Å². The van der Waals surface area contributed by atoms with E-state index in [1.165, 1.54) is 36.2 Å². The summed E-state index contributed by atoms with van der Waals surface area (Å²) in [5.41, 5.74) is 1.88. The van der Waals surface area contributed by atoms with Gasteiger partial charge in [-0.15, -0.1) is 0 Å². The first-order chi connectivity index (χ1) is 15.4. The molecule has 1 N–H and O–H groups in total. The van der Waals surface area contributed by atoms with Crippen LogP contribution in [-0.4, -0.2) is 55.6 Å². The largest absolute Gasteiger partial charge is 0.354 e. The predicted octanol–water partition coefficient (Wildman–Crippen LogP) is 3.46. The van der Waals surface area contributed by atoms with E-state index in [0.717, 1.165) is 15.4 Å². The fourth-order valence-corrected chi connectivity index (χ4v) is 4.44. The Bertz CT molecular complexity index is 1070. The van der Waals surface area contributed by atoms with Gasteiger partial charge in [-0.1, -0.05) is 55.3 Å². The highest BCUT2D eigenvalue weighted by Gasteiger charge is 2.30. The lowest BCUT2D eigenvalue weighted by molar-refractivity contribution is -0.140. The van der Waals surface area contributed by atoms with E-state index >= 15 is 0 Å². The van der Waals surface area contributed by atoms with Gasteiger partial charge in [0.15, 0.2) is 0 Å². The minimum atomic E-state index is -3.90. The predicted molar refractivity (Wildman–Crippen MR) is 130 cm³/mol. The van der Waals surface area contributed by atoms with Gasteiger partial charge in [0.1, 0.15) is 6.04 Å². The fourth-order valence-electron chi connectivity index (χ4n) is 3.20. The molecule has 0 aliphatic heterocycles. The summed E-state index contributed by atoms with van der Waals surface area (Å²) in [6.07, 6.45) is 0. The highest BCUT2D eigenvalue weighted by atomic mass is 35.5. The van der Waals surface area contributed by atoms with Crippen molar-refractivity contribution in [3.63, 3.8) is 0 Å². The summed E-state index contributed by atoms with van der Waals surface area (Å²) in [6, 6.07) is 12.6. The molecule has 0 radical (unpaired) electrons. The number of likely N-dealkylation sites (N-methyl/N-ethyl adjacent to an activating group) is 1. The quantitative estimate of drug-likeness (QED) is 0.549. The van der Waals surface area contributed by atoms with E-state index < -0.39 is 28.5 Å². The van der Waals surface area contributed by atoms with Crippen LogP contribution in [0.15, 0.2) is 53.4 Å². The number of amides is 2. The number of benzene rings is 2. The first-order valence-electron chi connectivity index (χ1n) is 10.8. The van der Waals surface area contributed by atoms with Gasteiger partial charge in [0.25, 0.3) is 0 Å². The summed E-state index contributed by atoms with van der Waals surface area (Å²) < 4.78 is 26.8. The van der Waals surface area contributed by atoms with E-state index in [9.17, 15) is 18.0 Å². The van der Waals surface area contributed by atoms with Gasteiger partial charge in [-0.25, -0.2) is 8.42 Å². The molecule has 180 valence electrons. The first-order valence-corrected chi connectivity index (χ1v) is 12.6. The highest BCUT2D eigenvalue weighted by Crippen LogP contribution is 2.18. The molecule has 2 amide bonds. The molecule has 7 nitrogen and oxygen atoms in total. The Morgan fingerprint density at radius 3 is 2.27 bits per heavy atom. The second-order valence-electron chi connectivity index (χ2n) is 8.54. The SMILES string of the molecule is Cc1cccc(CN(C(=O)CN(C)S(=O)(=O)c2ccc(Cl)cc2)[C@H](C)C(=O)NCC(C)C)c1. The summed E-state index contributed by atoms with van der Waals surface area (Å²) in [4.78, 5) is 27.5. The molecule has 33 heavy (non-hydrogen) atoms. The van der Waals surface area contributed by atoms with Gasteiger partial charge in [0.2, 0.25) is 21.8 Å². The third-order valence-electron chi connectivity index (χ3n) is 5.17. The van der Waals surface area contributed by atoms with Crippen molar-refractivity contribution in [3.05, 3.63) is 64.7 Å². The van der Waals surface area contributed by atoms with Gasteiger partial charge in [-0.05, 0) is 49.6 Å². The first kappa shape index (κ1) is 26.8. The van der Waals surface area contributed by atoms with E-state index in [2.05, 4.69) is 5.32 Å². The standard InChI is InChI=1S/C24H32ClN3O4S/c1-17(2)14-26-24(30)19(4)28(15-20-8-6-7-18(3)13-20)23(29)16-27(5)33(31,32)22-11-9-21(25)10-12-22/h6-13,17,19H,14-16H2,1-5H3,(H,26,30)/t19-/m1/s1. The molecule has 0 aromatic heterocycles. The van der Waals surface area contributed by atoms with Gasteiger partial charge in [0.05, 0.1) is 11.4 Å². The Morgan fingerprint density at radius 2 is 1.70 bits per heavy atom. The molecule has 0 saturated heterocycles. The zero-order valence-electron chi connectivity index (χ0n) is 19.7. The molecule has 0 aliphatic carbocycles. The van der Waals surface area contributed by atoms with Crippen LogP contribution in [0.4, 0.5) is 0 Å². The van der Waals surface area contributed by atoms with Crippen LogP contribution in [0.1, 0.15) is 31.9 Å². The Hall–Kier alpha value is -2.42. The van der Waals surface area contributed by atoms with Gasteiger partial charge < -0.3 is 10.2 Å². The van der Waals surface area contributed by atoms with Crippen molar-refractivity contribution in [2.75, 3.05) is 20.1 Å². The second-order valence-corrected chi connectivity index (χ2v) is 11.0. The zero-order chi connectivity index (χ0) is 24.8. The monoisotopic (exact) mass is 493 g/mol. The van der Waals surface area contributed by atoms with E-state index in [1.54, 1.807) is 6.92 Å². The molecule has 2 aromatic rings. The Balaban J connectivity index is 2.25. The molecule has 0 saturated carbocycles. The maximum Gasteiger partial charge on any atom is 0.243 e. The third kappa shape index (κ3) is 7.55. The molecule has 0 heterocycles. The number of carbonyl (C=O) groups excluding carboxylic acids is 2. The van der Waals surface area contributed by atoms with Gasteiger partial charge in [-0.2, -0.15) is 4.31 Å². The van der Waals surface area contributed by atoms with E-state index in [1.807, 2.05) is 45.0 Å². The fraction of sp³-hybridized carbons (Fsp3) is 0.417. The second kappa shape index (κ2) is 11.6. The number of carbonyl (C=O) groups is 2. The number of sulfonamides is 1. The molecular formula is C24H32ClN3O4S. The van der Waals surface area contributed by atoms with E-state index in [4.69, 9.17) is 11.6 Å². The van der Waals surface area contributed by atoms with Crippen LogP contribution < -0.4 is 5.32 Å². The van der Waals surface area contributed by atoms with Crippen molar-refractivity contribution in [2.24, 2.45) is 5.92 Å². The van der Waals surface area contributed by atoms with Crippen molar-refractivity contribution in [2.45, 2.75) is 45.2 Å². The number of nitrogens with one attached hydrogen (secondary N) is 1. The summed E-state index contributed by atoms with van der Waals surface area (Å²) in [6.45, 7) is 7.83. The topological polar surface area (TPSA) is 86.8 Å². The van der Waals surface area contributed by atoms with Gasteiger partial charge >= 0.3 is 0 Å². The van der Waals surface area contributed by atoms with Gasteiger partial charge in [-0.3, -0.25) is 9.59 Å². The van der Waals surface area contributed by atoms with Crippen molar-refractivity contribution in [1.82, 2.24) is 14.5 Å². The molecule has 1 atom stereocenters. The molecule has 2 rings (SSSR count). The molecule has 9 heteroatoms. The highest BCUT2D eigenvalue weighted by molar-refractivity contribution is 7.89. The lowest BCUT2D eigenvalue weighted by atomic mass is 10.1. The summed E-state index contributed by atoms with van der Waals surface area (Å²) in [5.74, 6) is -0.491. The minimum Gasteiger partial charge on any atom is -0.354 e. The molecule has 0 unspecified atom stereocenters. The summed E-state index contributed by atoms with van der Waals surface area (Å²) in [7, 11) is -2.56. The zero-order valence-corrected chi connectivity index (χ0v) is 21.3. The van der Waals surface area contributed by atoms with Crippen LogP contribution >= 0.6 is 11.6 Å². The van der Waals surface area contributed by atoms with Crippen molar-refractivity contribution >= 4 is 33.4 Å². The van der Waals surface area contributed by atoms with E-state index in [0.29, 0.717) is 11.6 Å². The molecule has 0 fully saturated rings. The van der Waals surface area contributed by atoms with Crippen LogP contribution in [0.2, 0.25) is 5.02 Å². The van der Waals surface area contributed by atoms with Crippen LogP contribution in [-0.2, 0) is 26.2 Å². The van der Waals surface area contributed by atoms with Crippen LogP contribution in [0.25, 0.3) is 0 Å². The maximum absolute atomic E-state index is 13.3. The lowest BCUT2D eigenvalue weighted by Crippen LogP contribution is -2.51. The third-order valence-corrected chi connectivity index (χ3v) is 7.24.